The predicted octanol–water partition coefficient (Wildman–Crippen LogP) is 2.99. The van der Waals surface area contributed by atoms with E-state index >= 15 is 0 Å². The first kappa shape index (κ1) is 13.7. The molecule has 17 heavy (non-hydrogen) atoms. The maximum atomic E-state index is 12.1. The fourth-order valence-corrected chi connectivity index (χ4v) is 1.73. The van der Waals surface area contributed by atoms with Crippen molar-refractivity contribution in [3.63, 3.8) is 0 Å². The van der Waals surface area contributed by atoms with Gasteiger partial charge in [-0.3, -0.25) is 4.79 Å². The van der Waals surface area contributed by atoms with Crippen LogP contribution in [0.3, 0.4) is 0 Å². The number of rotatable bonds is 7. The van der Waals surface area contributed by atoms with E-state index in [9.17, 15) is 4.79 Å². The number of hydrogen-bond donors (Lipinski definition) is 1. The second kappa shape index (κ2) is 7.02. The van der Waals surface area contributed by atoms with Gasteiger partial charge in [-0.05, 0) is 38.9 Å². The summed E-state index contributed by atoms with van der Waals surface area (Å²) in [5.41, 5.74) is 3.06. The molecular weight excluding hydrogens is 210 g/mol. The molecule has 92 valence electrons. The van der Waals surface area contributed by atoms with Crippen molar-refractivity contribution >= 4 is 5.78 Å². The molecule has 1 aromatic carbocycles. The van der Waals surface area contributed by atoms with Crippen LogP contribution < -0.4 is 5.32 Å². The second-order valence-electron chi connectivity index (χ2n) is 4.39. The molecule has 1 rings (SSSR count). The maximum Gasteiger partial charge on any atom is 0.163 e. The van der Waals surface area contributed by atoms with Gasteiger partial charge in [0.1, 0.15) is 0 Å². The Labute approximate surface area is 104 Å². The number of carbonyl (C=O) groups excluding carboxylic acids is 1. The van der Waals surface area contributed by atoms with Crippen molar-refractivity contribution in [3.8, 4) is 0 Å². The fraction of sp³-hybridized carbons (Fsp3) is 0.400. The number of Topliss-reactive ketones (excluding diaryl/α,β-unsaturated/α-hetero) is 1. The monoisotopic (exact) mass is 231 g/mol. The molecule has 0 radical (unpaired) electrons. The largest absolute Gasteiger partial charge is 0.319 e. The van der Waals surface area contributed by atoms with Crippen LogP contribution in [0.15, 0.2) is 36.4 Å². The van der Waals surface area contributed by atoms with Crippen LogP contribution in [-0.4, -0.2) is 19.4 Å². The van der Waals surface area contributed by atoms with Gasteiger partial charge >= 0.3 is 0 Å². The van der Waals surface area contributed by atoms with Crippen molar-refractivity contribution in [2.24, 2.45) is 0 Å². The molecule has 0 saturated heterocycles. The molecule has 0 aliphatic heterocycles. The van der Waals surface area contributed by atoms with Crippen LogP contribution >= 0.6 is 0 Å². The molecule has 1 aromatic rings. The van der Waals surface area contributed by atoms with E-state index < -0.39 is 0 Å². The topological polar surface area (TPSA) is 29.1 Å². The number of allylic oxidation sites excluding steroid dienone is 1. The minimum Gasteiger partial charge on any atom is -0.319 e. The summed E-state index contributed by atoms with van der Waals surface area (Å²) in [5.74, 6) is 0.222. The van der Waals surface area contributed by atoms with Gasteiger partial charge in [-0.25, -0.2) is 0 Å². The maximum absolute atomic E-state index is 12.1. The molecule has 0 saturated carbocycles. The summed E-state index contributed by atoms with van der Waals surface area (Å²) in [6.07, 6.45) is 2.23. The zero-order valence-electron chi connectivity index (χ0n) is 10.8. The van der Waals surface area contributed by atoms with Crippen molar-refractivity contribution in [3.05, 3.63) is 47.5 Å². The number of carbonyl (C=O) groups is 1. The molecule has 0 heterocycles. The van der Waals surface area contributed by atoms with E-state index in [4.69, 9.17) is 0 Å². The second-order valence-corrected chi connectivity index (χ2v) is 4.39. The van der Waals surface area contributed by atoms with E-state index in [2.05, 4.69) is 11.9 Å². The molecule has 2 nitrogen and oxygen atoms in total. The van der Waals surface area contributed by atoms with Gasteiger partial charge in [-0.2, -0.15) is 0 Å². The Bertz CT molecular complexity index is 396. The Balaban J connectivity index is 2.74. The summed E-state index contributed by atoms with van der Waals surface area (Å²) in [5, 5.41) is 3.11. The Kier molecular flexibility index (Phi) is 5.64. The molecule has 0 aromatic heterocycles. The summed E-state index contributed by atoms with van der Waals surface area (Å²) in [7, 11) is 1.92. The highest BCUT2D eigenvalue weighted by molar-refractivity contribution is 5.97. The Morgan fingerprint density at radius 3 is 2.65 bits per heavy atom. The number of likely N-dealkylation sites (N-methyl/N-ethyl adjacent to an activating group) is 1. The van der Waals surface area contributed by atoms with E-state index in [1.165, 1.54) is 0 Å². The van der Waals surface area contributed by atoms with Crippen LogP contribution in [0, 0.1) is 0 Å². The zero-order chi connectivity index (χ0) is 12.7. The Hall–Kier alpha value is -1.41. The predicted molar refractivity (Wildman–Crippen MR) is 72.5 cm³/mol. The van der Waals surface area contributed by atoms with Gasteiger partial charge < -0.3 is 5.32 Å². The van der Waals surface area contributed by atoms with Crippen LogP contribution in [0.5, 0.6) is 0 Å². The van der Waals surface area contributed by atoms with E-state index in [0.717, 1.165) is 36.1 Å². The van der Waals surface area contributed by atoms with Crippen molar-refractivity contribution in [1.29, 1.82) is 0 Å². The van der Waals surface area contributed by atoms with Crippen LogP contribution in [0.2, 0.25) is 0 Å². The SMILES string of the molecule is C=C(C)CCC(=O)c1ccccc1CCNC. The lowest BCUT2D eigenvalue weighted by atomic mass is 9.97. The molecule has 1 N–H and O–H groups in total. The number of nitrogens with one attached hydrogen (secondary N) is 1. The highest BCUT2D eigenvalue weighted by Gasteiger charge is 2.10. The first-order valence-electron chi connectivity index (χ1n) is 6.05. The summed E-state index contributed by atoms with van der Waals surface area (Å²) in [6.45, 7) is 6.68. The smallest absolute Gasteiger partial charge is 0.163 e. The number of ketones is 1. The van der Waals surface area contributed by atoms with Crippen LogP contribution in [0.1, 0.15) is 35.7 Å². The molecule has 2 heteroatoms. The fourth-order valence-electron chi connectivity index (χ4n) is 1.73. The first-order valence-corrected chi connectivity index (χ1v) is 6.05. The third-order valence-electron chi connectivity index (χ3n) is 2.74. The molecule has 0 amide bonds. The lowest BCUT2D eigenvalue weighted by molar-refractivity contribution is 0.0982. The van der Waals surface area contributed by atoms with Gasteiger partial charge in [-0.15, -0.1) is 6.58 Å². The van der Waals surface area contributed by atoms with Gasteiger partial charge in [-0.1, -0.05) is 29.8 Å². The molecule has 0 unspecified atom stereocenters. The zero-order valence-corrected chi connectivity index (χ0v) is 10.8. The third kappa shape index (κ3) is 4.53. The first-order chi connectivity index (χ1) is 8.15. The number of benzene rings is 1. The summed E-state index contributed by atoms with van der Waals surface area (Å²) in [6, 6.07) is 7.87. The molecule has 0 aliphatic carbocycles. The Morgan fingerprint density at radius 2 is 2.00 bits per heavy atom. The standard InChI is InChI=1S/C15H21NO/c1-12(2)8-9-15(17)14-7-5-4-6-13(14)10-11-16-3/h4-7,16H,1,8-11H2,2-3H3. The quantitative estimate of drug-likeness (QED) is 0.577. The molecule has 0 fully saturated rings. The normalized spacial score (nSPS) is 10.2. The summed E-state index contributed by atoms with van der Waals surface area (Å²) in [4.78, 5) is 12.1. The van der Waals surface area contributed by atoms with Gasteiger partial charge in [0.15, 0.2) is 5.78 Å². The highest BCUT2D eigenvalue weighted by Crippen LogP contribution is 2.14. The average Bonchev–Trinajstić information content (AvgIpc) is 2.33. The van der Waals surface area contributed by atoms with E-state index in [1.807, 2.05) is 38.2 Å². The minimum absolute atomic E-state index is 0.222. The molecular formula is C15H21NO. The van der Waals surface area contributed by atoms with Crippen molar-refractivity contribution in [2.45, 2.75) is 26.2 Å². The third-order valence-corrected chi connectivity index (χ3v) is 2.74. The van der Waals surface area contributed by atoms with E-state index in [-0.39, 0.29) is 5.78 Å². The summed E-state index contributed by atoms with van der Waals surface area (Å²) >= 11 is 0. The average molecular weight is 231 g/mol. The van der Waals surface area contributed by atoms with E-state index in [0.29, 0.717) is 6.42 Å². The number of hydrogen-bond acceptors (Lipinski definition) is 2. The van der Waals surface area contributed by atoms with Crippen molar-refractivity contribution in [2.75, 3.05) is 13.6 Å². The van der Waals surface area contributed by atoms with Crippen molar-refractivity contribution in [1.82, 2.24) is 5.32 Å². The van der Waals surface area contributed by atoms with E-state index in [1.54, 1.807) is 0 Å². The van der Waals surface area contributed by atoms with Crippen molar-refractivity contribution < 1.29 is 4.79 Å². The van der Waals surface area contributed by atoms with Crippen LogP contribution in [0.4, 0.5) is 0 Å². The lowest BCUT2D eigenvalue weighted by Crippen LogP contribution is -2.13. The molecule has 0 atom stereocenters. The van der Waals surface area contributed by atoms with Gasteiger partial charge in [0.05, 0.1) is 0 Å². The van der Waals surface area contributed by atoms with Crippen LogP contribution in [0.25, 0.3) is 0 Å². The van der Waals surface area contributed by atoms with Gasteiger partial charge in [0.2, 0.25) is 0 Å². The summed E-state index contributed by atoms with van der Waals surface area (Å²) < 4.78 is 0. The minimum atomic E-state index is 0.222. The molecule has 0 bridgehead atoms. The Morgan fingerprint density at radius 1 is 1.29 bits per heavy atom. The van der Waals surface area contributed by atoms with Crippen LogP contribution in [-0.2, 0) is 6.42 Å². The highest BCUT2D eigenvalue weighted by atomic mass is 16.1. The van der Waals surface area contributed by atoms with Gasteiger partial charge in [0.25, 0.3) is 0 Å². The molecule has 0 aliphatic rings. The lowest BCUT2D eigenvalue weighted by Gasteiger charge is -2.08. The van der Waals surface area contributed by atoms with Gasteiger partial charge in [0, 0.05) is 12.0 Å². The molecule has 0 spiro atoms.